The summed E-state index contributed by atoms with van der Waals surface area (Å²) in [7, 11) is 0. The first-order chi connectivity index (χ1) is 8.26. The van der Waals surface area contributed by atoms with E-state index in [1.54, 1.807) is 0 Å². The van der Waals surface area contributed by atoms with Crippen LogP contribution in [-0.4, -0.2) is 16.2 Å². The summed E-state index contributed by atoms with van der Waals surface area (Å²) in [6.07, 6.45) is 4.09. The number of hydrogen-bond donors (Lipinski definition) is 0. The summed E-state index contributed by atoms with van der Waals surface area (Å²) in [5, 5.41) is 0. The number of aryl methyl sites for hydroxylation is 1. The molecule has 0 spiro atoms. The molecule has 0 aliphatic heterocycles. The van der Waals surface area contributed by atoms with Gasteiger partial charge in [-0.15, -0.1) is 0 Å². The van der Waals surface area contributed by atoms with Crippen molar-refractivity contribution in [2.24, 2.45) is 0 Å². The van der Waals surface area contributed by atoms with E-state index in [2.05, 4.69) is 39.3 Å². The molecule has 0 unspecified atom stereocenters. The monoisotopic (exact) mass is 296 g/mol. The van der Waals surface area contributed by atoms with Crippen molar-refractivity contribution in [2.45, 2.75) is 33.2 Å². The van der Waals surface area contributed by atoms with Gasteiger partial charge in [0.1, 0.15) is 11.3 Å². The van der Waals surface area contributed by atoms with Crippen LogP contribution in [0, 0.1) is 0 Å². The van der Waals surface area contributed by atoms with Crippen LogP contribution in [0.15, 0.2) is 22.9 Å². The fourth-order valence-corrected chi connectivity index (χ4v) is 2.24. The molecule has 0 saturated carbocycles. The quantitative estimate of drug-likeness (QED) is 0.780. The molecule has 0 aliphatic rings. The fraction of sp³-hybridized carbons (Fsp3) is 0.462. The highest BCUT2D eigenvalue weighted by Gasteiger charge is 2.09. The highest BCUT2D eigenvalue weighted by molar-refractivity contribution is 9.10. The minimum atomic E-state index is 0.761. The molecule has 1 heterocycles. The van der Waals surface area contributed by atoms with Crippen LogP contribution in [0.3, 0.4) is 0 Å². The number of nitrogens with zero attached hydrogens (tertiary/aromatic N) is 2. The van der Waals surface area contributed by atoms with Gasteiger partial charge in [0.25, 0.3) is 0 Å². The van der Waals surface area contributed by atoms with Crippen LogP contribution in [0.2, 0.25) is 0 Å². The van der Waals surface area contributed by atoms with Crippen molar-refractivity contribution in [2.75, 3.05) is 6.61 Å². The summed E-state index contributed by atoms with van der Waals surface area (Å²) >= 11 is 3.49. The molecular formula is C13H17BrN2O. The van der Waals surface area contributed by atoms with E-state index in [1.807, 2.05) is 18.5 Å². The summed E-state index contributed by atoms with van der Waals surface area (Å²) in [4.78, 5) is 4.39. The van der Waals surface area contributed by atoms with Gasteiger partial charge in [-0.1, -0.05) is 29.3 Å². The smallest absolute Gasteiger partial charge is 0.146 e. The Kier molecular flexibility index (Phi) is 4.05. The van der Waals surface area contributed by atoms with Crippen molar-refractivity contribution in [3.63, 3.8) is 0 Å². The third kappa shape index (κ3) is 2.63. The third-order valence-electron chi connectivity index (χ3n) is 2.74. The standard InChI is InChI=1S/C13H17BrN2O/c1-3-5-6-17-12-8-10(14)7-11-13(12)16(4-2)9-15-11/h7-9H,3-6H2,1-2H3. The highest BCUT2D eigenvalue weighted by atomic mass is 79.9. The van der Waals surface area contributed by atoms with Crippen molar-refractivity contribution in [3.05, 3.63) is 22.9 Å². The molecule has 2 aromatic rings. The molecule has 0 radical (unpaired) electrons. The van der Waals surface area contributed by atoms with Crippen LogP contribution in [0.4, 0.5) is 0 Å². The minimum absolute atomic E-state index is 0.761. The summed E-state index contributed by atoms with van der Waals surface area (Å²) in [5.74, 6) is 0.919. The predicted octanol–water partition coefficient (Wildman–Crippen LogP) is 4.00. The Morgan fingerprint density at radius 3 is 2.88 bits per heavy atom. The molecule has 0 bridgehead atoms. The Morgan fingerprint density at radius 1 is 1.35 bits per heavy atom. The number of halogens is 1. The molecular weight excluding hydrogens is 280 g/mol. The van der Waals surface area contributed by atoms with E-state index >= 15 is 0 Å². The minimum Gasteiger partial charge on any atom is -0.491 e. The van der Waals surface area contributed by atoms with Gasteiger partial charge in [-0.2, -0.15) is 0 Å². The maximum Gasteiger partial charge on any atom is 0.146 e. The van der Waals surface area contributed by atoms with E-state index in [-0.39, 0.29) is 0 Å². The molecule has 17 heavy (non-hydrogen) atoms. The van der Waals surface area contributed by atoms with Crippen LogP contribution in [-0.2, 0) is 6.54 Å². The first kappa shape index (κ1) is 12.4. The summed E-state index contributed by atoms with van der Waals surface area (Å²) in [6, 6.07) is 4.04. The van der Waals surface area contributed by atoms with Crippen molar-refractivity contribution in [1.82, 2.24) is 9.55 Å². The van der Waals surface area contributed by atoms with E-state index in [0.29, 0.717) is 0 Å². The number of unbranched alkanes of at least 4 members (excludes halogenated alkanes) is 1. The van der Waals surface area contributed by atoms with Gasteiger partial charge in [0, 0.05) is 11.0 Å². The SMILES string of the molecule is CCCCOc1cc(Br)cc2ncn(CC)c12. The molecule has 0 N–H and O–H groups in total. The van der Waals surface area contributed by atoms with Gasteiger partial charge >= 0.3 is 0 Å². The summed E-state index contributed by atoms with van der Waals surface area (Å²) in [6.45, 7) is 5.94. The molecule has 0 fully saturated rings. The zero-order valence-corrected chi connectivity index (χ0v) is 11.8. The highest BCUT2D eigenvalue weighted by Crippen LogP contribution is 2.29. The average Bonchev–Trinajstić information content (AvgIpc) is 2.72. The molecule has 1 aromatic heterocycles. The van der Waals surface area contributed by atoms with Gasteiger partial charge in [-0.05, 0) is 25.5 Å². The lowest BCUT2D eigenvalue weighted by Gasteiger charge is -2.09. The molecule has 1 aromatic carbocycles. The van der Waals surface area contributed by atoms with Crippen LogP contribution in [0.25, 0.3) is 11.0 Å². The molecule has 0 aliphatic carbocycles. The lowest BCUT2D eigenvalue weighted by atomic mass is 10.3. The van der Waals surface area contributed by atoms with Gasteiger partial charge < -0.3 is 9.30 Å². The maximum absolute atomic E-state index is 5.85. The van der Waals surface area contributed by atoms with Gasteiger partial charge in [0.2, 0.25) is 0 Å². The molecule has 0 atom stereocenters. The zero-order valence-electron chi connectivity index (χ0n) is 10.2. The number of ether oxygens (including phenoxy) is 1. The molecule has 92 valence electrons. The van der Waals surface area contributed by atoms with Crippen molar-refractivity contribution >= 4 is 27.0 Å². The van der Waals surface area contributed by atoms with Crippen LogP contribution < -0.4 is 4.74 Å². The second-order valence-electron chi connectivity index (χ2n) is 4.00. The van der Waals surface area contributed by atoms with Gasteiger partial charge in [-0.3, -0.25) is 0 Å². The largest absolute Gasteiger partial charge is 0.491 e. The number of fused-ring (bicyclic) bond motifs is 1. The topological polar surface area (TPSA) is 27.1 Å². The Balaban J connectivity index is 2.39. The second kappa shape index (κ2) is 5.54. The predicted molar refractivity (Wildman–Crippen MR) is 73.5 cm³/mol. The maximum atomic E-state index is 5.85. The molecule has 0 saturated heterocycles. The average molecular weight is 297 g/mol. The zero-order chi connectivity index (χ0) is 12.3. The van der Waals surface area contributed by atoms with Crippen LogP contribution >= 0.6 is 15.9 Å². The Morgan fingerprint density at radius 2 is 2.18 bits per heavy atom. The van der Waals surface area contributed by atoms with E-state index in [4.69, 9.17) is 4.74 Å². The Bertz CT molecular complexity index is 507. The first-order valence-corrected chi connectivity index (χ1v) is 6.82. The molecule has 3 nitrogen and oxygen atoms in total. The normalized spacial score (nSPS) is 11.0. The third-order valence-corrected chi connectivity index (χ3v) is 3.20. The van der Waals surface area contributed by atoms with E-state index in [1.165, 1.54) is 0 Å². The number of aromatic nitrogens is 2. The number of imidazole rings is 1. The van der Waals surface area contributed by atoms with Crippen LogP contribution in [0.1, 0.15) is 26.7 Å². The van der Waals surface area contributed by atoms with E-state index < -0.39 is 0 Å². The number of hydrogen-bond acceptors (Lipinski definition) is 2. The van der Waals surface area contributed by atoms with Crippen molar-refractivity contribution in [3.8, 4) is 5.75 Å². The van der Waals surface area contributed by atoms with Gasteiger partial charge in [-0.25, -0.2) is 4.98 Å². The summed E-state index contributed by atoms with van der Waals surface area (Å²) < 4.78 is 8.98. The van der Waals surface area contributed by atoms with E-state index in [0.717, 1.165) is 47.2 Å². The molecule has 0 amide bonds. The van der Waals surface area contributed by atoms with E-state index in [9.17, 15) is 0 Å². The lowest BCUT2D eigenvalue weighted by Crippen LogP contribution is -2.00. The number of rotatable bonds is 5. The van der Waals surface area contributed by atoms with Gasteiger partial charge in [0.05, 0.1) is 18.5 Å². The molecule has 2 rings (SSSR count). The lowest BCUT2D eigenvalue weighted by molar-refractivity contribution is 0.311. The first-order valence-electron chi connectivity index (χ1n) is 6.03. The number of benzene rings is 1. The second-order valence-corrected chi connectivity index (χ2v) is 4.92. The van der Waals surface area contributed by atoms with Crippen molar-refractivity contribution < 1.29 is 4.74 Å². The Labute approximate surface area is 110 Å². The van der Waals surface area contributed by atoms with Crippen LogP contribution in [0.5, 0.6) is 5.75 Å². The Hall–Kier alpha value is -1.03. The summed E-state index contributed by atoms with van der Waals surface area (Å²) in [5.41, 5.74) is 2.07. The fourth-order valence-electron chi connectivity index (χ4n) is 1.81. The molecule has 4 heteroatoms. The van der Waals surface area contributed by atoms with Crippen molar-refractivity contribution in [1.29, 1.82) is 0 Å². The van der Waals surface area contributed by atoms with Gasteiger partial charge in [0.15, 0.2) is 0 Å².